The second-order valence-corrected chi connectivity index (χ2v) is 6.61. The number of aryl methyl sites for hydroxylation is 1. The van der Waals surface area contributed by atoms with Gasteiger partial charge in [0.25, 0.3) is 0 Å². The average molecular weight is 346 g/mol. The van der Waals surface area contributed by atoms with E-state index in [2.05, 4.69) is 20.9 Å². The van der Waals surface area contributed by atoms with Crippen LogP contribution in [0.1, 0.15) is 20.9 Å². The third-order valence-corrected chi connectivity index (χ3v) is 5.06. The Labute approximate surface area is 129 Å². The monoisotopic (exact) mass is 345 g/mol. The second kappa shape index (κ2) is 5.46. The number of para-hydroxylation sites is 1. The number of hydrogen-bond acceptors (Lipinski definition) is 3. The number of benzene rings is 2. The van der Waals surface area contributed by atoms with Crippen LogP contribution in [-0.4, -0.2) is 10.8 Å². The van der Waals surface area contributed by atoms with E-state index in [1.807, 2.05) is 49.4 Å². The molecule has 2 nitrogen and oxygen atoms in total. The molecule has 100 valence electrons. The van der Waals surface area contributed by atoms with Crippen LogP contribution in [0.3, 0.4) is 0 Å². The predicted molar refractivity (Wildman–Crippen MR) is 86.5 cm³/mol. The first kappa shape index (κ1) is 13.5. The van der Waals surface area contributed by atoms with Crippen molar-refractivity contribution in [3.8, 4) is 0 Å². The molecular weight excluding hydrogens is 334 g/mol. The molecule has 0 N–H and O–H groups in total. The van der Waals surface area contributed by atoms with Crippen LogP contribution in [0.5, 0.6) is 0 Å². The lowest BCUT2D eigenvalue weighted by Crippen LogP contribution is -2.03. The molecule has 1 aromatic heterocycles. The molecule has 0 unspecified atom stereocenters. The number of halogens is 1. The molecule has 0 aliphatic carbocycles. The largest absolute Gasteiger partial charge is 0.294 e. The molecule has 0 aliphatic heterocycles. The Balaban J connectivity index is 1.86. The lowest BCUT2D eigenvalue weighted by molar-refractivity contribution is 0.0993. The van der Waals surface area contributed by atoms with Gasteiger partial charge in [-0.2, -0.15) is 0 Å². The minimum atomic E-state index is 0.111. The van der Waals surface area contributed by atoms with Gasteiger partial charge >= 0.3 is 0 Å². The van der Waals surface area contributed by atoms with Crippen LogP contribution >= 0.6 is 27.3 Å². The fraction of sp³-hybridized carbons (Fsp3) is 0.125. The Morgan fingerprint density at radius 2 is 2.05 bits per heavy atom. The summed E-state index contributed by atoms with van der Waals surface area (Å²) in [5.41, 5.74) is 2.78. The van der Waals surface area contributed by atoms with E-state index < -0.39 is 0 Å². The molecule has 20 heavy (non-hydrogen) atoms. The van der Waals surface area contributed by atoms with Gasteiger partial charge in [-0.1, -0.05) is 34.1 Å². The number of thiazole rings is 1. The molecule has 0 saturated heterocycles. The van der Waals surface area contributed by atoms with Gasteiger partial charge < -0.3 is 0 Å². The van der Waals surface area contributed by atoms with Crippen LogP contribution in [-0.2, 0) is 6.42 Å². The van der Waals surface area contributed by atoms with Gasteiger partial charge in [0.05, 0.1) is 16.6 Å². The van der Waals surface area contributed by atoms with E-state index >= 15 is 0 Å². The van der Waals surface area contributed by atoms with E-state index in [0.717, 1.165) is 30.8 Å². The summed E-state index contributed by atoms with van der Waals surface area (Å²) in [6, 6.07) is 13.7. The molecule has 3 rings (SSSR count). The van der Waals surface area contributed by atoms with Gasteiger partial charge in [0.15, 0.2) is 5.78 Å². The number of fused-ring (bicyclic) bond motifs is 1. The Kier molecular flexibility index (Phi) is 3.68. The lowest BCUT2D eigenvalue weighted by Gasteiger charge is -2.02. The summed E-state index contributed by atoms with van der Waals surface area (Å²) in [7, 11) is 0. The maximum atomic E-state index is 12.3. The molecule has 0 bridgehead atoms. The normalized spacial score (nSPS) is 10.9. The SMILES string of the molecule is Cc1cc(C(=O)Cc2nc3ccccc3s2)ccc1Br. The summed E-state index contributed by atoms with van der Waals surface area (Å²) in [5.74, 6) is 0.111. The fourth-order valence-electron chi connectivity index (χ4n) is 2.05. The topological polar surface area (TPSA) is 30.0 Å². The molecule has 0 atom stereocenters. The molecule has 1 heterocycles. The van der Waals surface area contributed by atoms with Crippen LogP contribution in [0, 0.1) is 6.92 Å². The summed E-state index contributed by atoms with van der Waals surface area (Å²) in [5, 5.41) is 0.872. The summed E-state index contributed by atoms with van der Waals surface area (Å²) in [6.45, 7) is 1.98. The maximum Gasteiger partial charge on any atom is 0.169 e. The van der Waals surface area contributed by atoms with Crippen molar-refractivity contribution in [1.82, 2.24) is 4.98 Å². The minimum Gasteiger partial charge on any atom is -0.294 e. The van der Waals surface area contributed by atoms with E-state index in [9.17, 15) is 4.79 Å². The van der Waals surface area contributed by atoms with E-state index in [-0.39, 0.29) is 5.78 Å². The zero-order valence-corrected chi connectivity index (χ0v) is 13.3. The van der Waals surface area contributed by atoms with E-state index in [4.69, 9.17) is 0 Å². The maximum absolute atomic E-state index is 12.3. The van der Waals surface area contributed by atoms with Gasteiger partial charge in [-0.3, -0.25) is 4.79 Å². The highest BCUT2D eigenvalue weighted by atomic mass is 79.9. The number of Topliss-reactive ketones (excluding diaryl/α,β-unsaturated/α-hetero) is 1. The van der Waals surface area contributed by atoms with E-state index in [1.54, 1.807) is 11.3 Å². The fourth-order valence-corrected chi connectivity index (χ4v) is 3.27. The smallest absolute Gasteiger partial charge is 0.169 e. The quantitative estimate of drug-likeness (QED) is 0.638. The van der Waals surface area contributed by atoms with Gasteiger partial charge in [-0.15, -0.1) is 11.3 Å². The average Bonchev–Trinajstić information content (AvgIpc) is 2.83. The molecule has 0 spiro atoms. The molecule has 0 fully saturated rings. The Morgan fingerprint density at radius 3 is 2.80 bits per heavy atom. The molecule has 0 amide bonds. The first-order valence-electron chi connectivity index (χ1n) is 6.27. The molecule has 3 aromatic rings. The van der Waals surface area contributed by atoms with Crippen molar-refractivity contribution in [2.45, 2.75) is 13.3 Å². The van der Waals surface area contributed by atoms with Crippen LogP contribution in [0.25, 0.3) is 10.2 Å². The van der Waals surface area contributed by atoms with Crippen molar-refractivity contribution in [2.24, 2.45) is 0 Å². The lowest BCUT2D eigenvalue weighted by atomic mass is 10.1. The van der Waals surface area contributed by atoms with Crippen molar-refractivity contribution in [3.05, 3.63) is 63.1 Å². The van der Waals surface area contributed by atoms with E-state index in [0.29, 0.717) is 6.42 Å². The number of aromatic nitrogens is 1. The number of rotatable bonds is 3. The van der Waals surface area contributed by atoms with Gasteiger partial charge in [-0.25, -0.2) is 4.98 Å². The number of hydrogen-bond donors (Lipinski definition) is 0. The first-order chi connectivity index (χ1) is 9.63. The number of nitrogens with zero attached hydrogens (tertiary/aromatic N) is 1. The van der Waals surface area contributed by atoms with Crippen molar-refractivity contribution < 1.29 is 4.79 Å². The number of ketones is 1. The zero-order valence-electron chi connectivity index (χ0n) is 10.9. The molecule has 0 aliphatic rings. The molecule has 2 aromatic carbocycles. The number of carbonyl (C=O) groups excluding carboxylic acids is 1. The van der Waals surface area contributed by atoms with Crippen LogP contribution in [0.4, 0.5) is 0 Å². The zero-order chi connectivity index (χ0) is 14.1. The highest BCUT2D eigenvalue weighted by molar-refractivity contribution is 9.10. The Morgan fingerprint density at radius 1 is 1.25 bits per heavy atom. The van der Waals surface area contributed by atoms with Crippen LogP contribution < -0.4 is 0 Å². The van der Waals surface area contributed by atoms with Crippen LogP contribution in [0.2, 0.25) is 0 Å². The molecule has 0 radical (unpaired) electrons. The standard InChI is InChI=1S/C16H12BrNOS/c1-10-8-11(6-7-12(10)17)14(19)9-16-18-13-4-2-3-5-15(13)20-16/h2-8H,9H2,1H3. The van der Waals surface area contributed by atoms with Gasteiger partial charge in [0.1, 0.15) is 5.01 Å². The highest BCUT2D eigenvalue weighted by Crippen LogP contribution is 2.23. The second-order valence-electron chi connectivity index (χ2n) is 4.64. The van der Waals surface area contributed by atoms with E-state index in [1.165, 1.54) is 0 Å². The summed E-state index contributed by atoms with van der Waals surface area (Å²) in [4.78, 5) is 16.8. The molecule has 4 heteroatoms. The van der Waals surface area contributed by atoms with Gasteiger partial charge in [-0.05, 0) is 36.8 Å². The van der Waals surface area contributed by atoms with Crippen LogP contribution in [0.15, 0.2) is 46.9 Å². The first-order valence-corrected chi connectivity index (χ1v) is 7.88. The van der Waals surface area contributed by atoms with Crippen molar-refractivity contribution in [2.75, 3.05) is 0 Å². The van der Waals surface area contributed by atoms with Crippen molar-refractivity contribution >= 4 is 43.3 Å². The Bertz CT molecular complexity index is 761. The highest BCUT2D eigenvalue weighted by Gasteiger charge is 2.11. The molecule has 0 saturated carbocycles. The van der Waals surface area contributed by atoms with Crippen molar-refractivity contribution in [1.29, 1.82) is 0 Å². The summed E-state index contributed by atoms with van der Waals surface area (Å²) < 4.78 is 2.15. The Hall–Kier alpha value is -1.52. The van der Waals surface area contributed by atoms with Gasteiger partial charge in [0.2, 0.25) is 0 Å². The minimum absolute atomic E-state index is 0.111. The third kappa shape index (κ3) is 2.67. The summed E-state index contributed by atoms with van der Waals surface area (Å²) >= 11 is 5.03. The third-order valence-electron chi connectivity index (χ3n) is 3.13. The van der Waals surface area contributed by atoms with Gasteiger partial charge in [0, 0.05) is 10.0 Å². The molecular formula is C16H12BrNOS. The predicted octanol–water partition coefficient (Wildman–Crippen LogP) is 4.79. The number of carbonyl (C=O) groups is 1. The summed E-state index contributed by atoms with van der Waals surface area (Å²) in [6.07, 6.45) is 0.362. The van der Waals surface area contributed by atoms with Crippen molar-refractivity contribution in [3.63, 3.8) is 0 Å².